The van der Waals surface area contributed by atoms with Crippen molar-refractivity contribution in [3.8, 4) is 5.69 Å². The lowest BCUT2D eigenvalue weighted by atomic mass is 10.2. The van der Waals surface area contributed by atoms with E-state index in [-0.39, 0.29) is 5.91 Å². The summed E-state index contributed by atoms with van der Waals surface area (Å²) >= 11 is 0. The Hall–Kier alpha value is -2.36. The highest BCUT2D eigenvalue weighted by Gasteiger charge is 2.00. The number of hydrogen-bond donors (Lipinski definition) is 1. The maximum atomic E-state index is 11.5. The van der Waals surface area contributed by atoms with E-state index in [9.17, 15) is 4.79 Å². The van der Waals surface area contributed by atoms with Crippen molar-refractivity contribution in [2.45, 2.75) is 13.8 Å². The van der Waals surface area contributed by atoms with Crippen LogP contribution in [0.5, 0.6) is 0 Å². The summed E-state index contributed by atoms with van der Waals surface area (Å²) in [7, 11) is 0. The Bertz CT molecular complexity index is 549. The van der Waals surface area contributed by atoms with Crippen LogP contribution >= 0.6 is 0 Å². The molecule has 0 unspecified atom stereocenters. The van der Waals surface area contributed by atoms with Crippen molar-refractivity contribution < 1.29 is 4.79 Å². The van der Waals surface area contributed by atoms with Crippen molar-refractivity contribution in [1.82, 2.24) is 9.78 Å². The maximum absolute atomic E-state index is 11.5. The number of anilines is 1. The van der Waals surface area contributed by atoms with Gasteiger partial charge in [0.25, 0.3) is 0 Å². The molecule has 1 aromatic carbocycles. The molecular weight excluding hydrogens is 226 g/mol. The highest BCUT2D eigenvalue weighted by molar-refractivity contribution is 5.99. The number of carbonyl (C=O) groups excluding carboxylic acids is 1. The van der Waals surface area contributed by atoms with Crippen LogP contribution in [0.1, 0.15) is 13.8 Å². The molecule has 4 heteroatoms. The Morgan fingerprint density at radius 2 is 2.00 bits per heavy atom. The largest absolute Gasteiger partial charge is 0.323 e. The van der Waals surface area contributed by atoms with Gasteiger partial charge in [-0.05, 0) is 44.2 Å². The molecule has 0 saturated carbocycles. The van der Waals surface area contributed by atoms with Gasteiger partial charge in [0, 0.05) is 24.2 Å². The molecule has 1 aromatic heterocycles. The average molecular weight is 241 g/mol. The first-order valence-electron chi connectivity index (χ1n) is 5.71. The van der Waals surface area contributed by atoms with Crippen LogP contribution in [0.2, 0.25) is 0 Å². The minimum Gasteiger partial charge on any atom is -0.323 e. The van der Waals surface area contributed by atoms with Crippen LogP contribution in [-0.4, -0.2) is 15.7 Å². The van der Waals surface area contributed by atoms with E-state index in [4.69, 9.17) is 0 Å². The lowest BCUT2D eigenvalue weighted by Gasteiger charge is -2.05. The number of aromatic nitrogens is 2. The molecule has 0 aliphatic heterocycles. The van der Waals surface area contributed by atoms with E-state index < -0.39 is 0 Å². The molecule has 0 bridgehead atoms. The van der Waals surface area contributed by atoms with Gasteiger partial charge in [0.1, 0.15) is 0 Å². The van der Waals surface area contributed by atoms with Gasteiger partial charge >= 0.3 is 0 Å². The smallest absolute Gasteiger partial charge is 0.248 e. The Balaban J connectivity index is 2.09. The Morgan fingerprint density at radius 3 is 2.56 bits per heavy atom. The van der Waals surface area contributed by atoms with Gasteiger partial charge in [0.05, 0.1) is 5.69 Å². The average Bonchev–Trinajstić information content (AvgIpc) is 2.82. The number of amides is 1. The number of carbonyl (C=O) groups is 1. The van der Waals surface area contributed by atoms with Gasteiger partial charge in [-0.2, -0.15) is 5.10 Å². The summed E-state index contributed by atoms with van der Waals surface area (Å²) in [4.78, 5) is 11.5. The zero-order valence-corrected chi connectivity index (χ0v) is 10.4. The second-order valence-corrected chi connectivity index (χ2v) is 4.21. The molecule has 0 radical (unpaired) electrons. The van der Waals surface area contributed by atoms with Gasteiger partial charge in [-0.15, -0.1) is 0 Å². The Morgan fingerprint density at radius 1 is 1.28 bits per heavy atom. The van der Waals surface area contributed by atoms with E-state index in [2.05, 4.69) is 10.4 Å². The molecule has 0 aliphatic rings. The van der Waals surface area contributed by atoms with E-state index in [1.54, 1.807) is 17.0 Å². The van der Waals surface area contributed by atoms with E-state index in [0.29, 0.717) is 0 Å². The second kappa shape index (κ2) is 5.31. The van der Waals surface area contributed by atoms with Crippen molar-refractivity contribution in [2.24, 2.45) is 0 Å². The van der Waals surface area contributed by atoms with Crippen molar-refractivity contribution in [2.75, 3.05) is 5.32 Å². The van der Waals surface area contributed by atoms with Crippen LogP contribution in [-0.2, 0) is 4.79 Å². The molecule has 0 saturated heterocycles. The van der Waals surface area contributed by atoms with Crippen LogP contribution in [0, 0.1) is 0 Å². The van der Waals surface area contributed by atoms with Crippen LogP contribution in [0.15, 0.2) is 54.4 Å². The molecule has 2 aromatic rings. The topological polar surface area (TPSA) is 46.9 Å². The lowest BCUT2D eigenvalue weighted by Crippen LogP contribution is -2.08. The van der Waals surface area contributed by atoms with Crippen molar-refractivity contribution in [3.63, 3.8) is 0 Å². The molecule has 2 rings (SSSR count). The quantitative estimate of drug-likeness (QED) is 0.840. The number of benzene rings is 1. The minimum absolute atomic E-state index is 0.109. The fraction of sp³-hybridized carbons (Fsp3) is 0.143. The molecule has 0 aliphatic carbocycles. The van der Waals surface area contributed by atoms with Gasteiger partial charge in [-0.3, -0.25) is 4.79 Å². The molecule has 0 atom stereocenters. The summed E-state index contributed by atoms with van der Waals surface area (Å²) in [5.74, 6) is -0.109. The zero-order chi connectivity index (χ0) is 13.0. The third-order valence-electron chi connectivity index (χ3n) is 2.32. The summed E-state index contributed by atoms with van der Waals surface area (Å²) in [6.07, 6.45) is 5.17. The summed E-state index contributed by atoms with van der Waals surface area (Å²) in [6, 6.07) is 9.39. The van der Waals surface area contributed by atoms with Crippen molar-refractivity contribution in [3.05, 3.63) is 54.4 Å². The summed E-state index contributed by atoms with van der Waals surface area (Å²) < 4.78 is 1.77. The molecule has 0 fully saturated rings. The highest BCUT2D eigenvalue weighted by Crippen LogP contribution is 2.12. The maximum Gasteiger partial charge on any atom is 0.248 e. The monoisotopic (exact) mass is 241 g/mol. The molecule has 92 valence electrons. The molecule has 1 heterocycles. The molecule has 4 nitrogen and oxygen atoms in total. The predicted molar refractivity (Wildman–Crippen MR) is 71.6 cm³/mol. The first-order valence-corrected chi connectivity index (χ1v) is 5.71. The molecule has 18 heavy (non-hydrogen) atoms. The number of allylic oxidation sites excluding steroid dienone is 1. The molecule has 1 amide bonds. The van der Waals surface area contributed by atoms with Crippen LogP contribution < -0.4 is 5.32 Å². The minimum atomic E-state index is -0.109. The van der Waals surface area contributed by atoms with Gasteiger partial charge in [0.15, 0.2) is 0 Å². The number of nitrogens with one attached hydrogen (secondary N) is 1. The molecule has 1 N–H and O–H groups in total. The van der Waals surface area contributed by atoms with E-state index in [1.807, 2.05) is 50.4 Å². The van der Waals surface area contributed by atoms with Crippen LogP contribution in [0.3, 0.4) is 0 Å². The summed E-state index contributed by atoms with van der Waals surface area (Å²) in [5, 5.41) is 6.94. The highest BCUT2D eigenvalue weighted by atomic mass is 16.1. The third kappa shape index (κ3) is 3.07. The fourth-order valence-electron chi connectivity index (χ4n) is 1.56. The lowest BCUT2D eigenvalue weighted by molar-refractivity contribution is -0.111. The molecular formula is C14H15N3O. The van der Waals surface area contributed by atoms with E-state index in [0.717, 1.165) is 16.9 Å². The van der Waals surface area contributed by atoms with E-state index in [1.165, 1.54) is 0 Å². The molecule has 0 spiro atoms. The fourth-order valence-corrected chi connectivity index (χ4v) is 1.56. The van der Waals surface area contributed by atoms with Crippen molar-refractivity contribution >= 4 is 11.6 Å². The SMILES string of the molecule is CC(C)=CC(=O)Nc1ccc(-n2cccn2)cc1. The second-order valence-electron chi connectivity index (χ2n) is 4.21. The Kier molecular flexibility index (Phi) is 3.57. The first-order chi connectivity index (χ1) is 8.65. The van der Waals surface area contributed by atoms with Crippen LogP contribution in [0.25, 0.3) is 5.69 Å². The van der Waals surface area contributed by atoms with Gasteiger partial charge in [-0.1, -0.05) is 5.57 Å². The van der Waals surface area contributed by atoms with Gasteiger partial charge < -0.3 is 5.32 Å². The zero-order valence-electron chi connectivity index (χ0n) is 10.4. The Labute approximate surface area is 106 Å². The van der Waals surface area contributed by atoms with Crippen LogP contribution in [0.4, 0.5) is 5.69 Å². The third-order valence-corrected chi connectivity index (χ3v) is 2.32. The number of hydrogen-bond acceptors (Lipinski definition) is 2. The summed E-state index contributed by atoms with van der Waals surface area (Å²) in [6.45, 7) is 3.78. The van der Waals surface area contributed by atoms with Gasteiger partial charge in [-0.25, -0.2) is 4.68 Å². The predicted octanol–water partition coefficient (Wildman–Crippen LogP) is 2.78. The summed E-state index contributed by atoms with van der Waals surface area (Å²) in [5.41, 5.74) is 2.70. The number of nitrogens with zero attached hydrogens (tertiary/aromatic N) is 2. The van der Waals surface area contributed by atoms with Crippen molar-refractivity contribution in [1.29, 1.82) is 0 Å². The standard InChI is InChI=1S/C14H15N3O/c1-11(2)10-14(18)16-12-4-6-13(7-5-12)17-9-3-8-15-17/h3-10H,1-2H3,(H,16,18). The number of rotatable bonds is 3. The van der Waals surface area contributed by atoms with E-state index >= 15 is 0 Å². The van der Waals surface area contributed by atoms with Gasteiger partial charge in [0.2, 0.25) is 5.91 Å². The first kappa shape index (κ1) is 12.1. The normalized spacial score (nSPS) is 9.89.